The van der Waals surface area contributed by atoms with Gasteiger partial charge in [0.05, 0.1) is 18.5 Å². The van der Waals surface area contributed by atoms with E-state index in [4.69, 9.17) is 4.74 Å². The first-order chi connectivity index (χ1) is 9.01. The van der Waals surface area contributed by atoms with Gasteiger partial charge in [-0.3, -0.25) is 0 Å². The van der Waals surface area contributed by atoms with Crippen molar-refractivity contribution in [1.82, 2.24) is 9.97 Å². The van der Waals surface area contributed by atoms with Gasteiger partial charge in [0.15, 0.2) is 5.69 Å². The topological polar surface area (TPSA) is 75.5 Å². The van der Waals surface area contributed by atoms with Gasteiger partial charge >= 0.3 is 5.97 Å². The molecule has 1 N–H and O–H groups in total. The largest absolute Gasteiger partial charge is 0.476 e. The molecule has 0 radical (unpaired) electrons. The molecule has 106 valence electrons. The second-order valence-corrected chi connectivity index (χ2v) is 4.49. The van der Waals surface area contributed by atoms with Gasteiger partial charge < -0.3 is 14.7 Å². The number of carboxylic acids is 1. The molecule has 1 aromatic heterocycles. The predicted molar refractivity (Wildman–Crippen MR) is 72.8 cm³/mol. The first-order valence-corrected chi connectivity index (χ1v) is 6.35. The van der Waals surface area contributed by atoms with Crippen molar-refractivity contribution in [2.45, 2.75) is 26.7 Å². The van der Waals surface area contributed by atoms with E-state index in [0.717, 1.165) is 0 Å². The van der Waals surface area contributed by atoms with Gasteiger partial charge in [-0.2, -0.15) is 0 Å². The van der Waals surface area contributed by atoms with Crippen molar-refractivity contribution in [2.75, 3.05) is 31.7 Å². The Kier molecular flexibility index (Phi) is 5.69. The number of ether oxygens (including phenoxy) is 1. The second-order valence-electron chi connectivity index (χ2n) is 4.49. The van der Waals surface area contributed by atoms with Gasteiger partial charge in [-0.1, -0.05) is 13.8 Å². The van der Waals surface area contributed by atoms with Crippen molar-refractivity contribution < 1.29 is 14.6 Å². The Morgan fingerprint density at radius 2 is 2.21 bits per heavy atom. The monoisotopic (exact) mass is 267 g/mol. The molecule has 0 saturated heterocycles. The highest BCUT2D eigenvalue weighted by Crippen LogP contribution is 2.20. The lowest BCUT2D eigenvalue weighted by atomic mass is 10.2. The van der Waals surface area contributed by atoms with Crippen molar-refractivity contribution in [3.05, 3.63) is 17.7 Å². The number of hydrogen-bond acceptors (Lipinski definition) is 5. The summed E-state index contributed by atoms with van der Waals surface area (Å²) < 4.78 is 5.03. The zero-order valence-electron chi connectivity index (χ0n) is 11.9. The molecule has 1 heterocycles. The summed E-state index contributed by atoms with van der Waals surface area (Å²) in [5.74, 6) is -0.389. The van der Waals surface area contributed by atoms with Crippen LogP contribution in [-0.4, -0.2) is 47.8 Å². The lowest BCUT2D eigenvalue weighted by Gasteiger charge is -2.23. The van der Waals surface area contributed by atoms with Crippen molar-refractivity contribution >= 4 is 11.7 Å². The Morgan fingerprint density at radius 1 is 1.53 bits per heavy atom. The highest BCUT2D eigenvalue weighted by Gasteiger charge is 2.19. The maximum absolute atomic E-state index is 11.3. The molecular weight excluding hydrogens is 246 g/mol. The lowest BCUT2D eigenvalue weighted by molar-refractivity contribution is 0.0690. The van der Waals surface area contributed by atoms with Crippen molar-refractivity contribution in [1.29, 1.82) is 0 Å². The van der Waals surface area contributed by atoms with E-state index in [-0.39, 0.29) is 11.6 Å². The third kappa shape index (κ3) is 3.89. The summed E-state index contributed by atoms with van der Waals surface area (Å²) in [4.78, 5) is 21.6. The van der Waals surface area contributed by atoms with E-state index in [9.17, 15) is 9.90 Å². The van der Waals surface area contributed by atoms with E-state index < -0.39 is 5.97 Å². The molecule has 1 aromatic rings. The van der Waals surface area contributed by atoms with Crippen LogP contribution in [0.3, 0.4) is 0 Å². The summed E-state index contributed by atoms with van der Waals surface area (Å²) in [6.45, 7) is 7.63. The van der Waals surface area contributed by atoms with Crippen molar-refractivity contribution in [2.24, 2.45) is 0 Å². The number of hydrogen-bond donors (Lipinski definition) is 1. The zero-order valence-corrected chi connectivity index (χ0v) is 11.9. The van der Waals surface area contributed by atoms with Crippen molar-refractivity contribution in [3.63, 3.8) is 0 Å². The Hall–Kier alpha value is -1.69. The fraction of sp³-hybridized carbons (Fsp3) is 0.615. The summed E-state index contributed by atoms with van der Waals surface area (Å²) in [7, 11) is 1.62. The van der Waals surface area contributed by atoms with Gasteiger partial charge in [0.25, 0.3) is 0 Å². The maximum atomic E-state index is 11.3. The van der Waals surface area contributed by atoms with Gasteiger partial charge in [-0.25, -0.2) is 14.8 Å². The Balaban J connectivity index is 3.14. The number of carbonyl (C=O) groups is 1. The Labute approximate surface area is 113 Å². The van der Waals surface area contributed by atoms with Crippen LogP contribution in [0.15, 0.2) is 6.20 Å². The molecule has 0 saturated carbocycles. The number of methoxy groups -OCH3 is 1. The third-order valence-electron chi connectivity index (χ3n) is 2.79. The van der Waals surface area contributed by atoms with E-state index in [1.54, 1.807) is 13.3 Å². The van der Waals surface area contributed by atoms with E-state index in [1.165, 1.54) is 0 Å². The number of carboxylic acid groups (broad SMARTS) is 1. The van der Waals surface area contributed by atoms with Crippen LogP contribution in [0.2, 0.25) is 0 Å². The molecule has 0 aliphatic heterocycles. The molecule has 0 atom stereocenters. The predicted octanol–water partition coefficient (Wildman–Crippen LogP) is 1.77. The van der Waals surface area contributed by atoms with Crippen LogP contribution in [0.5, 0.6) is 0 Å². The van der Waals surface area contributed by atoms with E-state index in [2.05, 4.69) is 9.97 Å². The first kappa shape index (κ1) is 15.4. The van der Waals surface area contributed by atoms with Crippen LogP contribution in [0, 0.1) is 0 Å². The van der Waals surface area contributed by atoms with Gasteiger partial charge in [0.2, 0.25) is 0 Å². The molecule has 0 unspecified atom stereocenters. The summed E-state index contributed by atoms with van der Waals surface area (Å²) in [5, 5.41) is 9.29. The molecule has 19 heavy (non-hydrogen) atoms. The Morgan fingerprint density at radius 3 is 2.68 bits per heavy atom. The molecule has 6 nitrogen and oxygen atoms in total. The maximum Gasteiger partial charge on any atom is 0.356 e. The Bertz CT molecular complexity index is 435. The van der Waals surface area contributed by atoms with Crippen LogP contribution in [0.25, 0.3) is 0 Å². The minimum atomic E-state index is -1.03. The second kappa shape index (κ2) is 7.04. The van der Waals surface area contributed by atoms with Gasteiger partial charge in [-0.05, 0) is 6.92 Å². The molecule has 0 amide bonds. The summed E-state index contributed by atoms with van der Waals surface area (Å²) in [6.07, 6.45) is 1.59. The molecule has 0 bridgehead atoms. The average Bonchev–Trinajstić information content (AvgIpc) is 2.39. The van der Waals surface area contributed by atoms with Gasteiger partial charge in [0, 0.05) is 26.1 Å². The highest BCUT2D eigenvalue weighted by atomic mass is 16.5. The molecule has 1 rings (SSSR count). The smallest absolute Gasteiger partial charge is 0.356 e. The minimum Gasteiger partial charge on any atom is -0.476 e. The highest BCUT2D eigenvalue weighted by molar-refractivity contribution is 5.92. The fourth-order valence-corrected chi connectivity index (χ4v) is 1.71. The number of nitrogens with zero attached hydrogens (tertiary/aromatic N) is 3. The minimum absolute atomic E-state index is 0.0525. The standard InChI is InChI=1S/C13H21N3O3/c1-5-16(6-7-19-4)10-8-14-12(9(2)3)15-11(10)13(17)18/h8-9H,5-7H2,1-4H3,(H,17,18). The van der Waals surface area contributed by atoms with Gasteiger partial charge in [0.1, 0.15) is 5.82 Å². The van der Waals surface area contributed by atoms with Gasteiger partial charge in [-0.15, -0.1) is 0 Å². The zero-order chi connectivity index (χ0) is 14.4. The first-order valence-electron chi connectivity index (χ1n) is 6.35. The number of aromatic carboxylic acids is 1. The molecule has 0 fully saturated rings. The average molecular weight is 267 g/mol. The fourth-order valence-electron chi connectivity index (χ4n) is 1.71. The lowest BCUT2D eigenvalue weighted by Crippen LogP contribution is -2.29. The van der Waals surface area contributed by atoms with Crippen LogP contribution in [-0.2, 0) is 4.74 Å². The molecule has 0 aliphatic carbocycles. The summed E-state index contributed by atoms with van der Waals surface area (Å²) in [5.41, 5.74) is 0.591. The number of anilines is 1. The number of aromatic nitrogens is 2. The van der Waals surface area contributed by atoms with Crippen LogP contribution in [0.4, 0.5) is 5.69 Å². The normalized spacial score (nSPS) is 10.8. The summed E-state index contributed by atoms with van der Waals surface area (Å²) in [6, 6.07) is 0. The number of likely N-dealkylation sites (N-methyl/N-ethyl adjacent to an activating group) is 1. The van der Waals surface area contributed by atoms with Crippen LogP contribution in [0.1, 0.15) is 43.0 Å². The SMILES string of the molecule is CCN(CCOC)c1cnc(C(C)C)nc1C(=O)O. The summed E-state index contributed by atoms with van der Waals surface area (Å²) >= 11 is 0. The molecule has 0 aromatic carbocycles. The van der Waals surface area contributed by atoms with E-state index >= 15 is 0 Å². The number of rotatable bonds is 7. The van der Waals surface area contributed by atoms with E-state index in [1.807, 2.05) is 25.7 Å². The van der Waals surface area contributed by atoms with Crippen LogP contribution >= 0.6 is 0 Å². The molecule has 6 heteroatoms. The molecule has 0 spiro atoms. The third-order valence-corrected chi connectivity index (χ3v) is 2.79. The molecular formula is C13H21N3O3. The quantitative estimate of drug-likeness (QED) is 0.811. The van der Waals surface area contributed by atoms with Crippen molar-refractivity contribution in [3.8, 4) is 0 Å². The molecule has 0 aliphatic rings. The van der Waals surface area contributed by atoms with E-state index in [0.29, 0.717) is 31.2 Å². The van der Waals surface area contributed by atoms with Crippen LogP contribution < -0.4 is 4.90 Å².